The van der Waals surface area contributed by atoms with Crippen LogP contribution < -0.4 is 5.32 Å². The van der Waals surface area contributed by atoms with Crippen molar-refractivity contribution in [2.45, 2.75) is 70.4 Å². The Morgan fingerprint density at radius 2 is 1.79 bits per heavy atom. The summed E-state index contributed by atoms with van der Waals surface area (Å²) in [5, 5.41) is 22.0. The van der Waals surface area contributed by atoms with Gasteiger partial charge in [-0.1, -0.05) is 26.7 Å². The van der Waals surface area contributed by atoms with Crippen molar-refractivity contribution < 1.29 is 19.8 Å². The summed E-state index contributed by atoms with van der Waals surface area (Å²) in [4.78, 5) is 23.0. The minimum atomic E-state index is -1.000. The Hall–Kier alpha value is -1.10. The summed E-state index contributed by atoms with van der Waals surface area (Å²) in [6.07, 6.45) is 4.43. The van der Waals surface area contributed by atoms with Gasteiger partial charge in [-0.05, 0) is 31.6 Å². The molecular weight excluding hydrogens is 246 g/mol. The largest absolute Gasteiger partial charge is 0.480 e. The Labute approximate surface area is 114 Å². The van der Waals surface area contributed by atoms with Crippen LogP contribution in [0.2, 0.25) is 0 Å². The molecule has 0 aromatic carbocycles. The third-order valence-electron chi connectivity index (χ3n) is 3.60. The highest BCUT2D eigenvalue weighted by atomic mass is 16.4. The van der Waals surface area contributed by atoms with Crippen LogP contribution in [0.1, 0.15) is 58.8 Å². The summed E-state index contributed by atoms with van der Waals surface area (Å²) in [5.41, 5.74) is -1.000. The van der Waals surface area contributed by atoms with Gasteiger partial charge in [-0.2, -0.15) is 0 Å². The van der Waals surface area contributed by atoms with Crippen LogP contribution in [0.5, 0.6) is 0 Å². The number of nitrogens with one attached hydrogen (secondary N) is 1. The summed E-state index contributed by atoms with van der Waals surface area (Å²) in [7, 11) is 0. The number of hydrogen-bond acceptors (Lipinski definition) is 3. The Morgan fingerprint density at radius 3 is 2.16 bits per heavy atom. The number of carboxylic acids is 1. The quantitative estimate of drug-likeness (QED) is 0.595. The highest BCUT2D eigenvalue weighted by molar-refractivity contribution is 5.84. The number of amides is 1. The fourth-order valence-corrected chi connectivity index (χ4v) is 2.57. The lowest BCUT2D eigenvalue weighted by Gasteiger charge is -2.27. The molecule has 5 nitrogen and oxygen atoms in total. The van der Waals surface area contributed by atoms with Crippen molar-refractivity contribution >= 4 is 11.9 Å². The van der Waals surface area contributed by atoms with Gasteiger partial charge in [-0.25, -0.2) is 4.79 Å². The molecule has 1 rings (SSSR count). The van der Waals surface area contributed by atoms with Crippen molar-refractivity contribution in [1.82, 2.24) is 5.32 Å². The van der Waals surface area contributed by atoms with Gasteiger partial charge in [0, 0.05) is 0 Å². The smallest absolute Gasteiger partial charge is 0.326 e. The van der Waals surface area contributed by atoms with Gasteiger partial charge in [0.2, 0.25) is 5.91 Å². The Balaban J connectivity index is 2.53. The predicted molar refractivity (Wildman–Crippen MR) is 71.7 cm³/mol. The Morgan fingerprint density at radius 1 is 1.26 bits per heavy atom. The molecule has 0 aromatic heterocycles. The highest BCUT2D eigenvalue weighted by Gasteiger charge is 2.38. The number of carboxylic acid groups (broad SMARTS) is 1. The van der Waals surface area contributed by atoms with Crippen LogP contribution in [-0.4, -0.2) is 33.7 Å². The maximum absolute atomic E-state index is 11.9. The van der Waals surface area contributed by atoms with Crippen LogP contribution in [0.4, 0.5) is 0 Å². The van der Waals surface area contributed by atoms with Crippen LogP contribution >= 0.6 is 0 Å². The zero-order valence-corrected chi connectivity index (χ0v) is 11.8. The van der Waals surface area contributed by atoms with E-state index in [4.69, 9.17) is 5.11 Å². The van der Waals surface area contributed by atoms with Crippen LogP contribution in [0, 0.1) is 5.92 Å². The maximum Gasteiger partial charge on any atom is 0.326 e. The molecule has 1 saturated carbocycles. The van der Waals surface area contributed by atoms with E-state index >= 15 is 0 Å². The average Bonchev–Trinajstić information content (AvgIpc) is 3.09. The van der Waals surface area contributed by atoms with E-state index in [1.54, 1.807) is 0 Å². The first kappa shape index (κ1) is 16.0. The second-order valence-electron chi connectivity index (χ2n) is 5.62. The zero-order chi connectivity index (χ0) is 14.5. The number of aliphatic carboxylic acids is 1. The third kappa shape index (κ3) is 5.19. The minimum Gasteiger partial charge on any atom is -0.480 e. The lowest BCUT2D eigenvalue weighted by Crippen LogP contribution is -2.45. The first-order valence-electron chi connectivity index (χ1n) is 7.16. The molecule has 5 heteroatoms. The number of rotatable bonds is 9. The second-order valence-corrected chi connectivity index (χ2v) is 5.62. The molecule has 3 N–H and O–H groups in total. The number of hydrogen-bond donors (Lipinski definition) is 3. The van der Waals surface area contributed by atoms with Crippen LogP contribution in [0.15, 0.2) is 0 Å². The standard InChI is InChI=1S/C14H25NO4/c1-3-7-14(19,8-4-2)9-11(16)15-12(13(17)18)10-5-6-10/h10,12,19H,3-9H2,1-2H3,(H,15,16)(H,17,18). The van der Waals surface area contributed by atoms with Crippen molar-refractivity contribution in [2.24, 2.45) is 5.92 Å². The molecule has 0 radical (unpaired) electrons. The molecule has 0 heterocycles. The monoisotopic (exact) mass is 271 g/mol. The van der Waals surface area contributed by atoms with E-state index in [1.807, 2.05) is 13.8 Å². The van der Waals surface area contributed by atoms with Crippen molar-refractivity contribution in [1.29, 1.82) is 0 Å². The fraction of sp³-hybridized carbons (Fsp3) is 0.857. The minimum absolute atomic E-state index is 0.00875. The Bertz CT molecular complexity index is 319. The van der Waals surface area contributed by atoms with Gasteiger partial charge in [0.15, 0.2) is 0 Å². The van der Waals surface area contributed by atoms with Gasteiger partial charge in [-0.3, -0.25) is 4.79 Å². The van der Waals surface area contributed by atoms with E-state index in [0.29, 0.717) is 12.8 Å². The van der Waals surface area contributed by atoms with Crippen molar-refractivity contribution in [3.05, 3.63) is 0 Å². The SMILES string of the molecule is CCCC(O)(CCC)CC(=O)NC(C(=O)O)C1CC1. The maximum atomic E-state index is 11.9. The van der Waals surface area contributed by atoms with Gasteiger partial charge in [-0.15, -0.1) is 0 Å². The molecule has 0 saturated heterocycles. The van der Waals surface area contributed by atoms with Crippen molar-refractivity contribution in [2.75, 3.05) is 0 Å². The summed E-state index contributed by atoms with van der Waals surface area (Å²) in [5.74, 6) is -1.28. The molecule has 1 atom stereocenters. The topological polar surface area (TPSA) is 86.6 Å². The molecule has 1 aliphatic rings. The van der Waals surface area contributed by atoms with Crippen LogP contribution in [0.3, 0.4) is 0 Å². The summed E-state index contributed by atoms with van der Waals surface area (Å²) in [6.45, 7) is 3.92. The molecule has 19 heavy (non-hydrogen) atoms. The molecule has 1 aliphatic carbocycles. The predicted octanol–water partition coefficient (Wildman–Crippen LogP) is 1.69. The lowest BCUT2D eigenvalue weighted by atomic mass is 9.89. The van der Waals surface area contributed by atoms with E-state index in [2.05, 4.69) is 5.32 Å². The highest BCUT2D eigenvalue weighted by Crippen LogP contribution is 2.33. The van der Waals surface area contributed by atoms with Crippen LogP contribution in [0.25, 0.3) is 0 Å². The summed E-state index contributed by atoms with van der Waals surface area (Å²) < 4.78 is 0. The van der Waals surface area contributed by atoms with Gasteiger partial charge in [0.1, 0.15) is 6.04 Å². The molecule has 1 fully saturated rings. The number of carbonyl (C=O) groups is 2. The van der Waals surface area contributed by atoms with Crippen molar-refractivity contribution in [3.63, 3.8) is 0 Å². The van der Waals surface area contributed by atoms with Gasteiger partial charge < -0.3 is 15.5 Å². The second kappa shape index (κ2) is 6.89. The van der Waals surface area contributed by atoms with E-state index in [-0.39, 0.29) is 18.2 Å². The van der Waals surface area contributed by atoms with Gasteiger partial charge >= 0.3 is 5.97 Å². The molecule has 1 amide bonds. The van der Waals surface area contributed by atoms with E-state index in [1.165, 1.54) is 0 Å². The molecule has 0 aromatic rings. The molecule has 1 unspecified atom stereocenters. The first-order chi connectivity index (χ1) is 8.91. The normalized spacial score (nSPS) is 17.0. The lowest BCUT2D eigenvalue weighted by molar-refractivity contribution is -0.143. The van der Waals surface area contributed by atoms with Crippen molar-refractivity contribution in [3.8, 4) is 0 Å². The van der Waals surface area contributed by atoms with E-state index in [0.717, 1.165) is 25.7 Å². The molecule has 110 valence electrons. The van der Waals surface area contributed by atoms with Crippen LogP contribution in [-0.2, 0) is 9.59 Å². The zero-order valence-electron chi connectivity index (χ0n) is 11.8. The van der Waals surface area contributed by atoms with Gasteiger partial charge in [0.25, 0.3) is 0 Å². The molecule has 0 bridgehead atoms. The van der Waals surface area contributed by atoms with E-state index in [9.17, 15) is 14.7 Å². The number of carbonyl (C=O) groups excluding carboxylic acids is 1. The first-order valence-corrected chi connectivity index (χ1v) is 7.16. The van der Waals surface area contributed by atoms with E-state index < -0.39 is 17.6 Å². The summed E-state index contributed by atoms with van der Waals surface area (Å²) in [6, 6.07) is -0.792. The molecule has 0 aliphatic heterocycles. The molecular formula is C14H25NO4. The number of aliphatic hydroxyl groups is 1. The average molecular weight is 271 g/mol. The fourth-order valence-electron chi connectivity index (χ4n) is 2.57. The Kier molecular flexibility index (Phi) is 5.79. The third-order valence-corrected chi connectivity index (χ3v) is 3.60. The summed E-state index contributed by atoms with van der Waals surface area (Å²) >= 11 is 0. The van der Waals surface area contributed by atoms with Gasteiger partial charge in [0.05, 0.1) is 12.0 Å². The molecule has 0 spiro atoms.